The van der Waals surface area contributed by atoms with E-state index < -0.39 is 0 Å². The molecule has 1 aromatic rings. The van der Waals surface area contributed by atoms with Gasteiger partial charge in [-0.2, -0.15) is 0 Å². The first-order valence-corrected chi connectivity index (χ1v) is 6.26. The van der Waals surface area contributed by atoms with E-state index in [4.69, 9.17) is 5.41 Å². The van der Waals surface area contributed by atoms with Gasteiger partial charge in [0.05, 0.1) is 5.70 Å². The average Bonchev–Trinajstić information content (AvgIpc) is 2.44. The molecule has 92 valence electrons. The van der Waals surface area contributed by atoms with Crippen molar-refractivity contribution in [2.75, 3.05) is 0 Å². The van der Waals surface area contributed by atoms with E-state index in [9.17, 15) is 0 Å². The van der Waals surface area contributed by atoms with E-state index in [1.165, 1.54) is 17.3 Å². The highest BCUT2D eigenvalue weighted by molar-refractivity contribution is 6.01. The summed E-state index contributed by atoms with van der Waals surface area (Å²) < 4.78 is 0. The maximum atomic E-state index is 7.26. The van der Waals surface area contributed by atoms with Gasteiger partial charge in [-0.15, -0.1) is 0 Å². The molecule has 1 N–H and O–H groups in total. The van der Waals surface area contributed by atoms with Crippen molar-refractivity contribution in [1.82, 2.24) is 0 Å². The standard InChI is InChI=1S/C16H18N2/c1-3-16(11-17)18-12(2)14-9-8-13-6-4-5-7-15(13)10-14/h3-4,6,8-11,17H,5,7H2,1-2H3/b16-3-,17-11?,18-12?. The molecular weight excluding hydrogens is 220 g/mol. The first-order valence-electron chi connectivity index (χ1n) is 6.26. The van der Waals surface area contributed by atoms with Crippen LogP contribution in [0, 0.1) is 5.41 Å². The molecule has 0 bridgehead atoms. The van der Waals surface area contributed by atoms with E-state index in [1.54, 1.807) is 0 Å². The monoisotopic (exact) mass is 238 g/mol. The van der Waals surface area contributed by atoms with Crippen molar-refractivity contribution >= 4 is 18.0 Å². The summed E-state index contributed by atoms with van der Waals surface area (Å²) in [5.41, 5.74) is 5.51. The van der Waals surface area contributed by atoms with Gasteiger partial charge in [0.25, 0.3) is 0 Å². The Hall–Kier alpha value is -1.96. The molecule has 18 heavy (non-hydrogen) atoms. The van der Waals surface area contributed by atoms with Crippen LogP contribution in [0.4, 0.5) is 0 Å². The molecule has 2 nitrogen and oxygen atoms in total. The van der Waals surface area contributed by atoms with E-state index in [1.807, 2.05) is 19.9 Å². The first-order chi connectivity index (χ1) is 8.74. The maximum Gasteiger partial charge on any atom is 0.0765 e. The molecule has 2 rings (SSSR count). The predicted octanol–water partition coefficient (Wildman–Crippen LogP) is 4.01. The van der Waals surface area contributed by atoms with Gasteiger partial charge in [0.2, 0.25) is 0 Å². The molecule has 0 saturated carbocycles. The fourth-order valence-electron chi connectivity index (χ4n) is 2.10. The lowest BCUT2D eigenvalue weighted by atomic mass is 9.94. The molecule has 0 aromatic heterocycles. The quantitative estimate of drug-likeness (QED) is 0.772. The molecule has 2 heteroatoms. The lowest BCUT2D eigenvalue weighted by Crippen LogP contribution is -2.01. The van der Waals surface area contributed by atoms with Gasteiger partial charge >= 0.3 is 0 Å². The zero-order valence-electron chi connectivity index (χ0n) is 10.9. The number of hydrogen-bond donors (Lipinski definition) is 1. The fourth-order valence-corrected chi connectivity index (χ4v) is 2.10. The number of allylic oxidation sites excluding steroid dienone is 3. The van der Waals surface area contributed by atoms with Crippen LogP contribution in [-0.4, -0.2) is 11.9 Å². The van der Waals surface area contributed by atoms with Crippen LogP contribution >= 0.6 is 0 Å². The van der Waals surface area contributed by atoms with Crippen LogP contribution < -0.4 is 0 Å². The van der Waals surface area contributed by atoms with Crippen LogP contribution in [0.5, 0.6) is 0 Å². The highest BCUT2D eigenvalue weighted by Gasteiger charge is 2.06. The molecule has 1 aliphatic rings. The highest BCUT2D eigenvalue weighted by atomic mass is 14.8. The van der Waals surface area contributed by atoms with E-state index in [0.29, 0.717) is 5.70 Å². The summed E-state index contributed by atoms with van der Waals surface area (Å²) in [6.45, 7) is 3.89. The van der Waals surface area contributed by atoms with Crippen molar-refractivity contribution in [2.45, 2.75) is 26.7 Å². The van der Waals surface area contributed by atoms with Crippen molar-refractivity contribution < 1.29 is 0 Å². The van der Waals surface area contributed by atoms with Crippen LogP contribution in [0.1, 0.15) is 37.0 Å². The third-order valence-electron chi connectivity index (χ3n) is 3.18. The Morgan fingerprint density at radius 1 is 1.39 bits per heavy atom. The molecule has 0 unspecified atom stereocenters. The number of rotatable bonds is 3. The van der Waals surface area contributed by atoms with Crippen LogP contribution in [0.3, 0.4) is 0 Å². The topological polar surface area (TPSA) is 36.2 Å². The number of aliphatic imine (C=N–C) groups is 1. The Kier molecular flexibility index (Phi) is 3.88. The summed E-state index contributed by atoms with van der Waals surface area (Å²) in [5.74, 6) is 0. The maximum absolute atomic E-state index is 7.26. The first kappa shape index (κ1) is 12.5. The Bertz CT molecular complexity index is 548. The third-order valence-corrected chi connectivity index (χ3v) is 3.18. The van der Waals surface area contributed by atoms with Gasteiger partial charge in [-0.1, -0.05) is 30.4 Å². The molecule has 0 atom stereocenters. The summed E-state index contributed by atoms with van der Waals surface area (Å²) in [4.78, 5) is 4.45. The van der Waals surface area contributed by atoms with E-state index in [2.05, 4.69) is 35.3 Å². The summed E-state index contributed by atoms with van der Waals surface area (Å²) in [7, 11) is 0. The lowest BCUT2D eigenvalue weighted by Gasteiger charge is -2.12. The fraction of sp³-hybridized carbons (Fsp3) is 0.250. The smallest absolute Gasteiger partial charge is 0.0765 e. The number of nitrogens with one attached hydrogen (secondary N) is 1. The summed E-state index contributed by atoms with van der Waals surface area (Å²) in [5, 5.41) is 7.26. The average molecular weight is 238 g/mol. The van der Waals surface area contributed by atoms with Gasteiger partial charge in [0, 0.05) is 11.9 Å². The molecule has 0 saturated heterocycles. The molecule has 0 amide bonds. The van der Waals surface area contributed by atoms with Crippen molar-refractivity contribution in [3.05, 3.63) is 52.7 Å². The highest BCUT2D eigenvalue weighted by Crippen LogP contribution is 2.21. The van der Waals surface area contributed by atoms with Crippen LogP contribution in [0.2, 0.25) is 0 Å². The zero-order chi connectivity index (χ0) is 13.0. The van der Waals surface area contributed by atoms with Gasteiger partial charge in [-0.25, -0.2) is 0 Å². The van der Waals surface area contributed by atoms with Crippen LogP contribution in [-0.2, 0) is 6.42 Å². The third kappa shape index (κ3) is 2.65. The molecule has 1 aliphatic carbocycles. The Morgan fingerprint density at radius 3 is 2.94 bits per heavy atom. The second kappa shape index (κ2) is 5.58. The molecule has 0 heterocycles. The lowest BCUT2D eigenvalue weighted by molar-refractivity contribution is 0.985. The number of fused-ring (bicyclic) bond motifs is 1. The minimum Gasteiger partial charge on any atom is -0.307 e. The number of hydrogen-bond acceptors (Lipinski definition) is 2. The van der Waals surface area contributed by atoms with Gasteiger partial charge in [0.1, 0.15) is 0 Å². The normalized spacial score (nSPS) is 15.4. The number of benzene rings is 1. The molecule has 0 spiro atoms. The zero-order valence-corrected chi connectivity index (χ0v) is 10.9. The second-order valence-corrected chi connectivity index (χ2v) is 4.41. The Morgan fingerprint density at radius 2 is 2.22 bits per heavy atom. The van der Waals surface area contributed by atoms with Gasteiger partial charge in [0.15, 0.2) is 0 Å². The Labute approximate surface area is 108 Å². The van der Waals surface area contributed by atoms with Crippen molar-refractivity contribution in [3.63, 3.8) is 0 Å². The summed E-state index contributed by atoms with van der Waals surface area (Å²) in [6, 6.07) is 6.47. The second-order valence-electron chi connectivity index (χ2n) is 4.41. The molecule has 1 aromatic carbocycles. The molecular formula is C16H18N2. The number of aryl methyl sites for hydroxylation is 1. The predicted molar refractivity (Wildman–Crippen MR) is 78.5 cm³/mol. The van der Waals surface area contributed by atoms with Crippen LogP contribution in [0.25, 0.3) is 6.08 Å². The largest absolute Gasteiger partial charge is 0.307 e. The van der Waals surface area contributed by atoms with Crippen LogP contribution in [0.15, 0.2) is 41.0 Å². The summed E-state index contributed by atoms with van der Waals surface area (Å²) in [6.07, 6.45) is 9.75. The van der Waals surface area contributed by atoms with Gasteiger partial charge in [-0.05, 0) is 49.4 Å². The Balaban J connectivity index is 2.34. The number of nitrogens with zero attached hydrogens (tertiary/aromatic N) is 1. The SMILES string of the molecule is C/C=C(/C=N)N=C(C)c1ccc2c(c1)CCC=C2. The van der Waals surface area contributed by atoms with Gasteiger partial charge < -0.3 is 5.41 Å². The van der Waals surface area contributed by atoms with Crippen molar-refractivity contribution in [2.24, 2.45) is 4.99 Å². The van der Waals surface area contributed by atoms with Gasteiger partial charge in [-0.3, -0.25) is 4.99 Å². The molecule has 0 aliphatic heterocycles. The molecule has 0 fully saturated rings. The van der Waals surface area contributed by atoms with Crippen molar-refractivity contribution in [1.29, 1.82) is 5.41 Å². The van der Waals surface area contributed by atoms with E-state index in [0.717, 1.165) is 24.1 Å². The molecule has 0 radical (unpaired) electrons. The minimum absolute atomic E-state index is 0.699. The van der Waals surface area contributed by atoms with E-state index >= 15 is 0 Å². The van der Waals surface area contributed by atoms with E-state index in [-0.39, 0.29) is 0 Å². The minimum atomic E-state index is 0.699. The van der Waals surface area contributed by atoms with Crippen molar-refractivity contribution in [3.8, 4) is 0 Å². The summed E-state index contributed by atoms with van der Waals surface area (Å²) >= 11 is 0.